The molecule has 0 heterocycles. The fraction of sp³-hybridized carbons (Fsp3) is 0.273. The van der Waals surface area contributed by atoms with E-state index in [1.54, 1.807) is 18.2 Å². The van der Waals surface area contributed by atoms with Gasteiger partial charge in [-0.15, -0.1) is 11.6 Å². The number of amides is 1. The minimum Gasteiger partial charge on any atom is -0.494 e. The highest BCUT2D eigenvalue weighted by atomic mass is 35.5. The molecule has 5 nitrogen and oxygen atoms in total. The number of nitrogens with two attached hydrogens (primary N) is 1. The van der Waals surface area contributed by atoms with Crippen LogP contribution < -0.4 is 15.8 Å². The average molecular weight is 256 g/mol. The summed E-state index contributed by atoms with van der Waals surface area (Å²) < 4.78 is 5.14. The minimum atomic E-state index is -0.167. The molecule has 0 aromatic heterocycles. The van der Waals surface area contributed by atoms with Crippen molar-refractivity contribution in [1.29, 1.82) is 0 Å². The Kier molecular flexibility index (Phi) is 4.78. The number of anilines is 1. The van der Waals surface area contributed by atoms with Gasteiger partial charge in [0.05, 0.1) is 24.4 Å². The summed E-state index contributed by atoms with van der Waals surface area (Å²) in [4.78, 5) is 15.0. The van der Waals surface area contributed by atoms with Crippen LogP contribution in [-0.2, 0) is 4.79 Å². The van der Waals surface area contributed by atoms with E-state index in [1.807, 2.05) is 0 Å². The van der Waals surface area contributed by atoms with Gasteiger partial charge in [0.2, 0.25) is 5.91 Å². The molecule has 0 atom stereocenters. The third-order valence-electron chi connectivity index (χ3n) is 1.91. The zero-order valence-corrected chi connectivity index (χ0v) is 10.4. The Labute approximate surface area is 105 Å². The molecule has 17 heavy (non-hydrogen) atoms. The van der Waals surface area contributed by atoms with E-state index in [0.717, 1.165) is 0 Å². The van der Waals surface area contributed by atoms with Crippen molar-refractivity contribution in [2.45, 2.75) is 6.92 Å². The highest BCUT2D eigenvalue weighted by Gasteiger charge is 2.05. The fourth-order valence-corrected chi connectivity index (χ4v) is 1.30. The van der Waals surface area contributed by atoms with E-state index < -0.39 is 0 Å². The molecular formula is C11H14ClN3O2. The summed E-state index contributed by atoms with van der Waals surface area (Å²) in [7, 11) is 1.51. The van der Waals surface area contributed by atoms with E-state index in [1.165, 1.54) is 14.0 Å². The van der Waals surface area contributed by atoms with Gasteiger partial charge in [0.15, 0.2) is 0 Å². The highest BCUT2D eigenvalue weighted by Crippen LogP contribution is 2.29. The van der Waals surface area contributed by atoms with Gasteiger partial charge in [-0.05, 0) is 12.1 Å². The molecule has 92 valence electrons. The van der Waals surface area contributed by atoms with Crippen LogP contribution in [-0.4, -0.2) is 24.7 Å². The topological polar surface area (TPSA) is 76.7 Å². The lowest BCUT2D eigenvalue weighted by Crippen LogP contribution is -2.12. The summed E-state index contributed by atoms with van der Waals surface area (Å²) in [5, 5.41) is 2.65. The Balaban J connectivity index is 3.04. The molecule has 1 amide bonds. The molecule has 0 spiro atoms. The Hall–Kier alpha value is -1.75. The van der Waals surface area contributed by atoms with Crippen LogP contribution in [0.5, 0.6) is 5.75 Å². The lowest BCUT2D eigenvalue weighted by molar-refractivity contribution is -0.114. The number of benzene rings is 1. The maximum absolute atomic E-state index is 11.0. The molecule has 0 saturated heterocycles. The van der Waals surface area contributed by atoms with Crippen molar-refractivity contribution in [3.05, 3.63) is 18.2 Å². The number of alkyl halides is 1. The molecule has 0 unspecified atom stereocenters. The quantitative estimate of drug-likeness (QED) is 0.490. The summed E-state index contributed by atoms with van der Waals surface area (Å²) in [6, 6.07) is 5.08. The first kappa shape index (κ1) is 13.3. The van der Waals surface area contributed by atoms with Crippen molar-refractivity contribution >= 4 is 34.7 Å². The number of ether oxygens (including phenoxy) is 1. The van der Waals surface area contributed by atoms with Gasteiger partial charge in [0.1, 0.15) is 11.6 Å². The number of methoxy groups -OCH3 is 1. The molecular weight excluding hydrogens is 242 g/mol. The molecule has 1 rings (SSSR count). The molecule has 0 fully saturated rings. The summed E-state index contributed by atoms with van der Waals surface area (Å²) >= 11 is 5.53. The number of carbonyl (C=O) groups is 1. The van der Waals surface area contributed by atoms with Crippen LogP contribution in [0.15, 0.2) is 23.2 Å². The van der Waals surface area contributed by atoms with Gasteiger partial charge < -0.3 is 15.8 Å². The summed E-state index contributed by atoms with van der Waals surface area (Å²) in [6.07, 6.45) is 0. The second kappa shape index (κ2) is 6.10. The second-order valence-electron chi connectivity index (χ2n) is 3.30. The predicted molar refractivity (Wildman–Crippen MR) is 69.3 cm³/mol. The van der Waals surface area contributed by atoms with E-state index in [0.29, 0.717) is 23.0 Å². The smallest absolute Gasteiger partial charge is 0.221 e. The van der Waals surface area contributed by atoms with Crippen LogP contribution in [0, 0.1) is 0 Å². The molecule has 0 aliphatic rings. The van der Waals surface area contributed by atoms with Gasteiger partial charge in [-0.25, -0.2) is 4.99 Å². The van der Waals surface area contributed by atoms with Crippen LogP contribution in [0.25, 0.3) is 0 Å². The number of halogens is 1. The van der Waals surface area contributed by atoms with E-state index in [4.69, 9.17) is 22.1 Å². The van der Waals surface area contributed by atoms with Crippen LogP contribution in [0.1, 0.15) is 6.92 Å². The first-order valence-corrected chi connectivity index (χ1v) is 5.45. The first-order valence-electron chi connectivity index (χ1n) is 4.91. The predicted octanol–water partition coefficient (Wildman–Crippen LogP) is 1.88. The maximum atomic E-state index is 11.0. The molecule has 0 saturated carbocycles. The molecule has 3 N–H and O–H groups in total. The monoisotopic (exact) mass is 255 g/mol. The third kappa shape index (κ3) is 3.96. The van der Waals surface area contributed by atoms with Crippen LogP contribution in [0.4, 0.5) is 11.4 Å². The summed E-state index contributed by atoms with van der Waals surface area (Å²) in [6.45, 7) is 1.43. The Morgan fingerprint density at radius 2 is 2.29 bits per heavy atom. The molecule has 0 radical (unpaired) electrons. The number of carbonyl (C=O) groups excluding carboxylic acids is 1. The Morgan fingerprint density at radius 3 is 2.82 bits per heavy atom. The zero-order valence-electron chi connectivity index (χ0n) is 9.66. The molecule has 0 aliphatic heterocycles. The first-order chi connectivity index (χ1) is 8.06. The lowest BCUT2D eigenvalue weighted by Gasteiger charge is -2.09. The SMILES string of the molecule is COc1cc(N=C(N)CCl)ccc1NC(C)=O. The van der Waals surface area contributed by atoms with E-state index in [2.05, 4.69) is 10.3 Å². The van der Waals surface area contributed by atoms with Crippen LogP contribution in [0.3, 0.4) is 0 Å². The summed E-state index contributed by atoms with van der Waals surface area (Å²) in [5.74, 6) is 0.833. The van der Waals surface area contributed by atoms with Crippen LogP contribution in [0.2, 0.25) is 0 Å². The number of amidine groups is 1. The van der Waals surface area contributed by atoms with Gasteiger partial charge in [-0.1, -0.05) is 0 Å². The maximum Gasteiger partial charge on any atom is 0.221 e. The van der Waals surface area contributed by atoms with E-state index in [-0.39, 0.29) is 11.8 Å². The van der Waals surface area contributed by atoms with Gasteiger partial charge in [0.25, 0.3) is 0 Å². The number of hydrogen-bond acceptors (Lipinski definition) is 3. The third-order valence-corrected chi connectivity index (χ3v) is 2.18. The minimum absolute atomic E-state index is 0.162. The number of aliphatic imine (C=N–C) groups is 1. The second-order valence-corrected chi connectivity index (χ2v) is 3.57. The molecule has 0 aliphatic carbocycles. The Bertz CT molecular complexity index is 446. The molecule has 1 aromatic carbocycles. The number of rotatable bonds is 4. The largest absolute Gasteiger partial charge is 0.494 e. The normalized spacial score (nSPS) is 11.1. The average Bonchev–Trinajstić information content (AvgIpc) is 2.30. The Morgan fingerprint density at radius 1 is 1.59 bits per heavy atom. The lowest BCUT2D eigenvalue weighted by atomic mass is 10.2. The van der Waals surface area contributed by atoms with Crippen molar-refractivity contribution in [2.75, 3.05) is 18.3 Å². The number of hydrogen-bond donors (Lipinski definition) is 2. The summed E-state index contributed by atoms with van der Waals surface area (Å²) in [5.41, 5.74) is 6.73. The molecule has 0 bridgehead atoms. The van der Waals surface area contributed by atoms with Crippen LogP contribution >= 0.6 is 11.6 Å². The highest BCUT2D eigenvalue weighted by molar-refractivity contribution is 6.28. The van der Waals surface area contributed by atoms with Crippen molar-refractivity contribution in [3.8, 4) is 5.75 Å². The van der Waals surface area contributed by atoms with Crippen molar-refractivity contribution in [2.24, 2.45) is 10.7 Å². The zero-order chi connectivity index (χ0) is 12.8. The standard InChI is InChI=1S/C11H14ClN3O2/c1-7(16)14-9-4-3-8(5-10(9)17-2)15-11(13)6-12/h3-5H,6H2,1-2H3,(H2,13,15)(H,14,16). The van der Waals surface area contributed by atoms with Gasteiger partial charge >= 0.3 is 0 Å². The van der Waals surface area contributed by atoms with Crippen molar-refractivity contribution < 1.29 is 9.53 Å². The molecule has 1 aromatic rings. The number of nitrogens with one attached hydrogen (secondary N) is 1. The van der Waals surface area contributed by atoms with Gasteiger partial charge in [0, 0.05) is 13.0 Å². The van der Waals surface area contributed by atoms with Gasteiger partial charge in [-0.3, -0.25) is 4.79 Å². The van der Waals surface area contributed by atoms with Crippen molar-refractivity contribution in [1.82, 2.24) is 0 Å². The molecule has 6 heteroatoms. The van der Waals surface area contributed by atoms with Gasteiger partial charge in [-0.2, -0.15) is 0 Å². The van der Waals surface area contributed by atoms with E-state index in [9.17, 15) is 4.79 Å². The number of nitrogens with zero attached hydrogens (tertiary/aromatic N) is 1. The van der Waals surface area contributed by atoms with Crippen molar-refractivity contribution in [3.63, 3.8) is 0 Å². The van der Waals surface area contributed by atoms with E-state index >= 15 is 0 Å². The fourth-order valence-electron chi connectivity index (χ4n) is 1.24.